The van der Waals surface area contributed by atoms with E-state index in [4.69, 9.17) is 11.6 Å². The van der Waals surface area contributed by atoms with E-state index in [1.165, 1.54) is 5.56 Å². The lowest BCUT2D eigenvalue weighted by molar-refractivity contribution is 0.394. The van der Waals surface area contributed by atoms with Gasteiger partial charge in [-0.1, -0.05) is 74.0 Å². The molecule has 0 fully saturated rings. The van der Waals surface area contributed by atoms with Crippen molar-refractivity contribution in [2.24, 2.45) is 5.92 Å². The number of hydrogen-bond acceptors (Lipinski definition) is 1. The molecule has 0 aliphatic heterocycles. The van der Waals surface area contributed by atoms with Gasteiger partial charge in [-0.15, -0.1) is 0 Å². The molecule has 0 aliphatic rings. The Balaban J connectivity index is 2.17. The van der Waals surface area contributed by atoms with E-state index in [9.17, 15) is 0 Å². The Kier molecular flexibility index (Phi) is 5.84. The van der Waals surface area contributed by atoms with Gasteiger partial charge in [-0.25, -0.2) is 0 Å². The summed E-state index contributed by atoms with van der Waals surface area (Å²) in [5.74, 6) is 0.640. The van der Waals surface area contributed by atoms with E-state index in [-0.39, 0.29) is 6.04 Å². The minimum Gasteiger partial charge on any atom is -0.303 e. The molecular weight excluding hydrogens is 278 g/mol. The van der Waals surface area contributed by atoms with E-state index < -0.39 is 0 Å². The third-order valence-electron chi connectivity index (χ3n) is 3.73. The van der Waals surface area contributed by atoms with Gasteiger partial charge in [-0.3, -0.25) is 0 Å². The maximum absolute atomic E-state index is 6.31. The zero-order valence-corrected chi connectivity index (χ0v) is 13.8. The summed E-state index contributed by atoms with van der Waals surface area (Å²) in [5, 5.41) is 4.56. The van der Waals surface area contributed by atoms with Gasteiger partial charge in [0.1, 0.15) is 0 Å². The Bertz CT molecular complexity index is 551. The molecule has 0 spiro atoms. The summed E-state index contributed by atoms with van der Waals surface area (Å²) in [4.78, 5) is 0. The summed E-state index contributed by atoms with van der Waals surface area (Å²) < 4.78 is 0. The van der Waals surface area contributed by atoms with Crippen molar-refractivity contribution < 1.29 is 0 Å². The highest BCUT2D eigenvalue weighted by atomic mass is 35.5. The Labute approximate surface area is 133 Å². The first-order valence-electron chi connectivity index (χ1n) is 7.63. The molecular formula is C19H24ClN. The second-order valence-corrected chi connectivity index (χ2v) is 6.41. The van der Waals surface area contributed by atoms with Crippen molar-refractivity contribution in [3.63, 3.8) is 0 Å². The molecule has 2 rings (SSSR count). The van der Waals surface area contributed by atoms with Gasteiger partial charge in [0.05, 0.1) is 0 Å². The minimum absolute atomic E-state index is 0.225. The van der Waals surface area contributed by atoms with Crippen LogP contribution >= 0.6 is 11.6 Å². The SMILES string of the molecule is CC(C)CC(N[C@@H](C)c1ccccc1Cl)c1ccccc1. The van der Waals surface area contributed by atoms with Crippen LogP contribution in [0.25, 0.3) is 0 Å². The number of benzene rings is 2. The van der Waals surface area contributed by atoms with Crippen molar-refractivity contribution in [2.75, 3.05) is 0 Å². The molecule has 2 atom stereocenters. The average molecular weight is 302 g/mol. The highest BCUT2D eigenvalue weighted by Crippen LogP contribution is 2.28. The van der Waals surface area contributed by atoms with Crippen LogP contribution in [0, 0.1) is 5.92 Å². The largest absolute Gasteiger partial charge is 0.303 e. The Morgan fingerprint density at radius 1 is 0.905 bits per heavy atom. The third kappa shape index (κ3) is 4.59. The van der Waals surface area contributed by atoms with Gasteiger partial charge < -0.3 is 5.32 Å². The summed E-state index contributed by atoms with van der Waals surface area (Å²) in [7, 11) is 0. The topological polar surface area (TPSA) is 12.0 Å². The quantitative estimate of drug-likeness (QED) is 0.713. The fourth-order valence-electron chi connectivity index (χ4n) is 2.67. The maximum atomic E-state index is 6.31. The van der Waals surface area contributed by atoms with Crippen molar-refractivity contribution in [3.8, 4) is 0 Å². The number of hydrogen-bond donors (Lipinski definition) is 1. The first kappa shape index (κ1) is 16.1. The molecule has 112 valence electrons. The van der Waals surface area contributed by atoms with Crippen LogP contribution in [-0.2, 0) is 0 Å². The third-order valence-corrected chi connectivity index (χ3v) is 4.08. The number of rotatable bonds is 6. The molecule has 0 saturated carbocycles. The van der Waals surface area contributed by atoms with Crippen LogP contribution in [0.15, 0.2) is 54.6 Å². The summed E-state index contributed by atoms with van der Waals surface area (Å²) in [6.45, 7) is 6.70. The molecule has 0 bridgehead atoms. The molecule has 0 aliphatic carbocycles. The van der Waals surface area contributed by atoms with E-state index >= 15 is 0 Å². The van der Waals surface area contributed by atoms with Gasteiger partial charge in [0, 0.05) is 17.1 Å². The van der Waals surface area contributed by atoms with Gasteiger partial charge in [0.15, 0.2) is 0 Å². The standard InChI is InChI=1S/C19H24ClN/c1-14(2)13-19(16-9-5-4-6-10-16)21-15(3)17-11-7-8-12-18(17)20/h4-12,14-15,19,21H,13H2,1-3H3/t15-,19?/m0/s1. The molecule has 0 saturated heterocycles. The average Bonchev–Trinajstić information content (AvgIpc) is 2.47. The van der Waals surface area contributed by atoms with Crippen molar-refractivity contribution in [1.82, 2.24) is 5.32 Å². The smallest absolute Gasteiger partial charge is 0.0453 e. The van der Waals surface area contributed by atoms with E-state index in [0.717, 1.165) is 17.0 Å². The molecule has 21 heavy (non-hydrogen) atoms. The first-order valence-corrected chi connectivity index (χ1v) is 8.01. The fraction of sp³-hybridized carbons (Fsp3) is 0.368. The van der Waals surface area contributed by atoms with Gasteiger partial charge in [-0.05, 0) is 36.5 Å². The van der Waals surface area contributed by atoms with Crippen molar-refractivity contribution >= 4 is 11.6 Å². The lowest BCUT2D eigenvalue weighted by Gasteiger charge is -2.26. The first-order chi connectivity index (χ1) is 10.1. The Morgan fingerprint density at radius 2 is 1.52 bits per heavy atom. The predicted octanol–water partition coefficient (Wildman–Crippen LogP) is 5.78. The second kappa shape index (κ2) is 7.63. The van der Waals surface area contributed by atoms with Crippen molar-refractivity contribution in [1.29, 1.82) is 0 Å². The molecule has 2 heteroatoms. The zero-order valence-electron chi connectivity index (χ0n) is 13.0. The maximum Gasteiger partial charge on any atom is 0.0453 e. The van der Waals surface area contributed by atoms with E-state index in [1.807, 2.05) is 18.2 Å². The molecule has 1 unspecified atom stereocenters. The minimum atomic E-state index is 0.225. The molecule has 2 aromatic carbocycles. The summed E-state index contributed by atoms with van der Waals surface area (Å²) in [5.41, 5.74) is 2.49. The van der Waals surface area contributed by atoms with Crippen LogP contribution in [0.4, 0.5) is 0 Å². The van der Waals surface area contributed by atoms with Crippen LogP contribution in [0.2, 0.25) is 5.02 Å². The molecule has 0 radical (unpaired) electrons. The second-order valence-electron chi connectivity index (χ2n) is 6.00. The highest BCUT2D eigenvalue weighted by molar-refractivity contribution is 6.31. The normalized spacial score (nSPS) is 14.1. The van der Waals surface area contributed by atoms with Gasteiger partial charge >= 0.3 is 0 Å². The van der Waals surface area contributed by atoms with Crippen LogP contribution in [0.1, 0.15) is 50.4 Å². The van der Waals surface area contributed by atoms with Crippen LogP contribution in [-0.4, -0.2) is 0 Å². The van der Waals surface area contributed by atoms with Crippen molar-refractivity contribution in [3.05, 3.63) is 70.7 Å². The summed E-state index contributed by atoms with van der Waals surface area (Å²) in [6.07, 6.45) is 1.11. The molecule has 0 aromatic heterocycles. The molecule has 2 aromatic rings. The number of nitrogens with one attached hydrogen (secondary N) is 1. The van der Waals surface area contributed by atoms with E-state index in [0.29, 0.717) is 12.0 Å². The van der Waals surface area contributed by atoms with Crippen molar-refractivity contribution in [2.45, 2.75) is 39.3 Å². The molecule has 1 nitrogen and oxygen atoms in total. The zero-order chi connectivity index (χ0) is 15.2. The number of halogens is 1. The predicted molar refractivity (Wildman–Crippen MR) is 91.6 cm³/mol. The van der Waals surface area contributed by atoms with E-state index in [2.05, 4.69) is 62.5 Å². The fourth-order valence-corrected chi connectivity index (χ4v) is 2.97. The van der Waals surface area contributed by atoms with Crippen LogP contribution in [0.3, 0.4) is 0 Å². The van der Waals surface area contributed by atoms with Gasteiger partial charge in [-0.2, -0.15) is 0 Å². The highest BCUT2D eigenvalue weighted by Gasteiger charge is 2.17. The van der Waals surface area contributed by atoms with E-state index in [1.54, 1.807) is 0 Å². The lowest BCUT2D eigenvalue weighted by Crippen LogP contribution is -2.26. The van der Waals surface area contributed by atoms with Crippen LogP contribution in [0.5, 0.6) is 0 Å². The molecule has 0 heterocycles. The lowest BCUT2D eigenvalue weighted by atomic mass is 9.95. The van der Waals surface area contributed by atoms with Gasteiger partial charge in [0.25, 0.3) is 0 Å². The Hall–Kier alpha value is -1.31. The summed E-state index contributed by atoms with van der Waals surface area (Å²) >= 11 is 6.31. The Morgan fingerprint density at radius 3 is 2.14 bits per heavy atom. The molecule has 1 N–H and O–H groups in total. The van der Waals surface area contributed by atoms with Gasteiger partial charge in [0.2, 0.25) is 0 Å². The molecule has 0 amide bonds. The summed E-state index contributed by atoms with van der Waals surface area (Å²) in [6, 6.07) is 19.3. The monoisotopic (exact) mass is 301 g/mol. The van der Waals surface area contributed by atoms with Crippen LogP contribution < -0.4 is 5.32 Å².